The van der Waals surface area contributed by atoms with Crippen LogP contribution >= 0.6 is 0 Å². The molecular formula is C11H21N5. The zero-order valence-corrected chi connectivity index (χ0v) is 10.3. The summed E-state index contributed by atoms with van der Waals surface area (Å²) in [4.78, 5) is 4.31. The summed E-state index contributed by atoms with van der Waals surface area (Å²) in [5, 5.41) is 14.2. The maximum absolute atomic E-state index is 4.31. The Morgan fingerprint density at radius 2 is 2.12 bits per heavy atom. The molecule has 0 aliphatic rings. The van der Waals surface area contributed by atoms with Gasteiger partial charge in [-0.05, 0) is 20.3 Å². The summed E-state index contributed by atoms with van der Waals surface area (Å²) in [6.07, 6.45) is 5.22. The van der Waals surface area contributed by atoms with Crippen LogP contribution in [0.2, 0.25) is 0 Å². The maximum atomic E-state index is 4.31. The van der Waals surface area contributed by atoms with E-state index in [0.29, 0.717) is 12.0 Å². The van der Waals surface area contributed by atoms with Gasteiger partial charge in [-0.15, -0.1) is 5.10 Å². The highest BCUT2D eigenvalue weighted by Crippen LogP contribution is 2.05. The number of hydrogen-bond acceptors (Lipinski definition) is 5. The third kappa shape index (κ3) is 4.91. The highest BCUT2D eigenvalue weighted by molar-refractivity contribution is 5.37. The van der Waals surface area contributed by atoms with E-state index in [4.69, 9.17) is 0 Å². The van der Waals surface area contributed by atoms with Gasteiger partial charge in [0.25, 0.3) is 0 Å². The Balaban J connectivity index is 2.41. The minimum Gasteiger partial charge on any atom is -0.366 e. The van der Waals surface area contributed by atoms with Gasteiger partial charge in [0.15, 0.2) is 5.82 Å². The molecule has 5 heteroatoms. The van der Waals surface area contributed by atoms with Crippen molar-refractivity contribution in [2.75, 3.05) is 17.2 Å². The van der Waals surface area contributed by atoms with E-state index in [2.05, 4.69) is 46.6 Å². The lowest BCUT2D eigenvalue weighted by atomic mass is 10.2. The Kier molecular flexibility index (Phi) is 5.53. The van der Waals surface area contributed by atoms with Gasteiger partial charge in [0, 0.05) is 12.6 Å². The molecule has 0 aliphatic heterocycles. The van der Waals surface area contributed by atoms with Crippen LogP contribution in [0.1, 0.15) is 40.0 Å². The molecule has 0 aromatic carbocycles. The van der Waals surface area contributed by atoms with Crippen molar-refractivity contribution in [1.29, 1.82) is 0 Å². The second kappa shape index (κ2) is 6.98. The smallest absolute Gasteiger partial charge is 0.244 e. The first-order valence-corrected chi connectivity index (χ1v) is 5.92. The van der Waals surface area contributed by atoms with E-state index in [1.165, 1.54) is 12.8 Å². The quantitative estimate of drug-likeness (QED) is 0.694. The number of aromatic nitrogens is 3. The standard InChI is InChI=1S/C11H21N5/c1-4-5-6-7-12-11-15-10(8-13-16-11)14-9(2)3/h8-9H,4-7H2,1-3H3,(H2,12,14,15,16). The second-order valence-corrected chi connectivity index (χ2v) is 4.10. The molecule has 0 saturated heterocycles. The molecular weight excluding hydrogens is 202 g/mol. The largest absolute Gasteiger partial charge is 0.366 e. The summed E-state index contributed by atoms with van der Waals surface area (Å²) < 4.78 is 0. The molecule has 0 aliphatic carbocycles. The topological polar surface area (TPSA) is 62.7 Å². The maximum Gasteiger partial charge on any atom is 0.244 e. The Morgan fingerprint density at radius 3 is 2.81 bits per heavy atom. The predicted molar refractivity (Wildman–Crippen MR) is 66.6 cm³/mol. The van der Waals surface area contributed by atoms with Crippen LogP contribution in [-0.4, -0.2) is 27.8 Å². The van der Waals surface area contributed by atoms with E-state index in [9.17, 15) is 0 Å². The predicted octanol–water partition coefficient (Wildman–Crippen LogP) is 2.29. The summed E-state index contributed by atoms with van der Waals surface area (Å²) in [6, 6.07) is 0.352. The van der Waals surface area contributed by atoms with Crippen molar-refractivity contribution in [1.82, 2.24) is 15.2 Å². The molecule has 0 spiro atoms. The monoisotopic (exact) mass is 223 g/mol. The van der Waals surface area contributed by atoms with Crippen molar-refractivity contribution in [3.05, 3.63) is 6.20 Å². The molecule has 90 valence electrons. The SMILES string of the molecule is CCCCCNc1nncc(NC(C)C)n1. The molecule has 0 atom stereocenters. The van der Waals surface area contributed by atoms with Gasteiger partial charge in [0.2, 0.25) is 5.95 Å². The Bertz CT molecular complexity index is 300. The van der Waals surface area contributed by atoms with Gasteiger partial charge in [0.1, 0.15) is 0 Å². The molecule has 0 saturated carbocycles. The summed E-state index contributed by atoms with van der Waals surface area (Å²) >= 11 is 0. The van der Waals surface area contributed by atoms with Crippen LogP contribution in [-0.2, 0) is 0 Å². The van der Waals surface area contributed by atoms with Gasteiger partial charge >= 0.3 is 0 Å². The Hall–Kier alpha value is -1.39. The van der Waals surface area contributed by atoms with Crippen molar-refractivity contribution in [3.63, 3.8) is 0 Å². The van der Waals surface area contributed by atoms with Crippen LogP contribution in [0.4, 0.5) is 11.8 Å². The minimum atomic E-state index is 0.352. The summed E-state index contributed by atoms with van der Waals surface area (Å²) in [5.74, 6) is 1.37. The summed E-state index contributed by atoms with van der Waals surface area (Å²) in [7, 11) is 0. The van der Waals surface area contributed by atoms with E-state index in [0.717, 1.165) is 18.8 Å². The first-order chi connectivity index (χ1) is 7.72. The summed E-state index contributed by atoms with van der Waals surface area (Å²) in [6.45, 7) is 7.22. The van der Waals surface area contributed by atoms with Crippen LogP contribution in [0, 0.1) is 0 Å². The average Bonchev–Trinajstić information content (AvgIpc) is 2.24. The molecule has 0 amide bonds. The molecule has 1 aromatic heterocycles. The van der Waals surface area contributed by atoms with Crippen LogP contribution < -0.4 is 10.6 Å². The molecule has 0 unspecified atom stereocenters. The van der Waals surface area contributed by atoms with Crippen molar-refractivity contribution >= 4 is 11.8 Å². The number of nitrogens with zero attached hydrogens (tertiary/aromatic N) is 3. The Labute approximate surface area is 97.1 Å². The Morgan fingerprint density at radius 1 is 1.31 bits per heavy atom. The van der Waals surface area contributed by atoms with Gasteiger partial charge in [0.05, 0.1) is 6.20 Å². The lowest BCUT2D eigenvalue weighted by Gasteiger charge is -2.09. The van der Waals surface area contributed by atoms with Crippen LogP contribution in [0.25, 0.3) is 0 Å². The molecule has 1 aromatic rings. The van der Waals surface area contributed by atoms with Gasteiger partial charge in [-0.1, -0.05) is 19.8 Å². The lowest BCUT2D eigenvalue weighted by molar-refractivity contribution is 0.738. The zero-order valence-electron chi connectivity index (χ0n) is 10.3. The first-order valence-electron chi connectivity index (χ1n) is 5.92. The van der Waals surface area contributed by atoms with Crippen LogP contribution in [0.3, 0.4) is 0 Å². The van der Waals surface area contributed by atoms with Crippen molar-refractivity contribution in [2.45, 2.75) is 46.1 Å². The normalized spacial score (nSPS) is 10.5. The van der Waals surface area contributed by atoms with Crippen LogP contribution in [0.5, 0.6) is 0 Å². The van der Waals surface area contributed by atoms with E-state index < -0.39 is 0 Å². The van der Waals surface area contributed by atoms with E-state index in [1.807, 2.05) is 0 Å². The zero-order chi connectivity index (χ0) is 11.8. The fourth-order valence-corrected chi connectivity index (χ4v) is 1.32. The highest BCUT2D eigenvalue weighted by Gasteiger charge is 2.00. The minimum absolute atomic E-state index is 0.352. The van der Waals surface area contributed by atoms with Crippen molar-refractivity contribution in [3.8, 4) is 0 Å². The van der Waals surface area contributed by atoms with Gasteiger partial charge in [-0.3, -0.25) is 0 Å². The number of unbranched alkanes of at least 4 members (excludes halogenated alkanes) is 2. The third-order valence-corrected chi connectivity index (χ3v) is 2.06. The lowest BCUT2D eigenvalue weighted by Crippen LogP contribution is -2.13. The first kappa shape index (κ1) is 12.7. The fourth-order valence-electron chi connectivity index (χ4n) is 1.32. The van der Waals surface area contributed by atoms with E-state index in [1.54, 1.807) is 6.20 Å². The molecule has 1 heterocycles. The number of nitrogens with one attached hydrogen (secondary N) is 2. The number of anilines is 2. The second-order valence-electron chi connectivity index (χ2n) is 4.10. The third-order valence-electron chi connectivity index (χ3n) is 2.06. The molecule has 5 nitrogen and oxygen atoms in total. The summed E-state index contributed by atoms with van der Waals surface area (Å²) in [5.41, 5.74) is 0. The molecule has 2 N–H and O–H groups in total. The molecule has 16 heavy (non-hydrogen) atoms. The van der Waals surface area contributed by atoms with Gasteiger partial charge < -0.3 is 10.6 Å². The van der Waals surface area contributed by atoms with Crippen molar-refractivity contribution in [2.24, 2.45) is 0 Å². The van der Waals surface area contributed by atoms with Gasteiger partial charge in [-0.2, -0.15) is 10.1 Å². The van der Waals surface area contributed by atoms with E-state index in [-0.39, 0.29) is 0 Å². The fraction of sp³-hybridized carbons (Fsp3) is 0.727. The number of rotatable bonds is 7. The molecule has 0 radical (unpaired) electrons. The molecule has 0 fully saturated rings. The number of hydrogen-bond donors (Lipinski definition) is 2. The molecule has 0 bridgehead atoms. The molecule has 1 rings (SSSR count). The van der Waals surface area contributed by atoms with Crippen LogP contribution in [0.15, 0.2) is 6.20 Å². The average molecular weight is 223 g/mol. The highest BCUT2D eigenvalue weighted by atomic mass is 15.3. The van der Waals surface area contributed by atoms with Crippen molar-refractivity contribution < 1.29 is 0 Å². The van der Waals surface area contributed by atoms with E-state index >= 15 is 0 Å². The van der Waals surface area contributed by atoms with Gasteiger partial charge in [-0.25, -0.2) is 0 Å².